The molecule has 5 nitrogen and oxygen atoms in total. The Hall–Kier alpha value is -0.630. The molecule has 0 N–H and O–H groups in total. The summed E-state index contributed by atoms with van der Waals surface area (Å²) in [5, 5.41) is 0. The highest BCUT2D eigenvalue weighted by Gasteiger charge is 2.32. The normalized spacial score (nSPS) is 21.9. The highest BCUT2D eigenvalue weighted by molar-refractivity contribution is 7.91. The van der Waals surface area contributed by atoms with E-state index in [1.165, 1.54) is 43.4 Å². The minimum Gasteiger partial charge on any atom is -0.493 e. The Morgan fingerprint density at radius 2 is 1.83 bits per heavy atom. The van der Waals surface area contributed by atoms with E-state index in [0.29, 0.717) is 35.7 Å². The van der Waals surface area contributed by atoms with Crippen molar-refractivity contribution in [2.45, 2.75) is 56.2 Å². The summed E-state index contributed by atoms with van der Waals surface area (Å²) < 4.78 is 33.4. The Morgan fingerprint density at radius 3 is 2.46 bits per heavy atom. The van der Waals surface area contributed by atoms with Crippen LogP contribution in [0.15, 0.2) is 10.3 Å². The standard InChI is InChI=1S/C17H28N2O3S2/c1-3-22-16-13-17(23-14(16)2)24(20,21)19-11-9-18(10-12-19)15-7-5-4-6-8-15/h13,15H,3-12H2,1-2H3. The molecule has 2 aliphatic rings. The highest BCUT2D eigenvalue weighted by Crippen LogP contribution is 2.34. The molecule has 0 atom stereocenters. The Labute approximate surface area is 149 Å². The summed E-state index contributed by atoms with van der Waals surface area (Å²) in [7, 11) is -3.39. The lowest BCUT2D eigenvalue weighted by Gasteiger charge is -2.40. The second-order valence-electron chi connectivity index (χ2n) is 6.65. The van der Waals surface area contributed by atoms with E-state index in [4.69, 9.17) is 4.74 Å². The molecular weight excluding hydrogens is 344 g/mol. The first-order valence-electron chi connectivity index (χ1n) is 9.00. The third-order valence-electron chi connectivity index (χ3n) is 5.11. The number of thiophene rings is 1. The van der Waals surface area contributed by atoms with Gasteiger partial charge in [-0.3, -0.25) is 4.90 Å². The van der Waals surface area contributed by atoms with Gasteiger partial charge in [-0.2, -0.15) is 4.31 Å². The van der Waals surface area contributed by atoms with Crippen molar-refractivity contribution in [2.75, 3.05) is 32.8 Å². The van der Waals surface area contributed by atoms with Gasteiger partial charge in [0.05, 0.1) is 6.61 Å². The zero-order valence-electron chi connectivity index (χ0n) is 14.7. The van der Waals surface area contributed by atoms with Crippen molar-refractivity contribution >= 4 is 21.4 Å². The Bertz CT molecular complexity index is 643. The predicted octanol–water partition coefficient (Wildman–Crippen LogP) is 3.09. The van der Waals surface area contributed by atoms with Crippen LogP contribution >= 0.6 is 11.3 Å². The Balaban J connectivity index is 1.65. The van der Waals surface area contributed by atoms with Gasteiger partial charge in [-0.25, -0.2) is 8.42 Å². The van der Waals surface area contributed by atoms with Gasteiger partial charge in [0.25, 0.3) is 10.0 Å². The number of rotatable bonds is 5. The molecule has 0 spiro atoms. The number of hydrogen-bond donors (Lipinski definition) is 0. The fourth-order valence-corrected chi connectivity index (χ4v) is 6.70. The third kappa shape index (κ3) is 3.79. The molecule has 0 aromatic carbocycles. The summed E-state index contributed by atoms with van der Waals surface area (Å²) in [5.74, 6) is 0.696. The molecule has 0 unspecified atom stereocenters. The molecular formula is C17H28N2O3S2. The summed E-state index contributed by atoms with van der Waals surface area (Å²) in [6, 6.07) is 2.35. The van der Waals surface area contributed by atoms with Gasteiger partial charge in [-0.1, -0.05) is 19.3 Å². The van der Waals surface area contributed by atoms with Crippen LogP contribution in [-0.4, -0.2) is 56.5 Å². The van der Waals surface area contributed by atoms with Crippen LogP contribution in [0.1, 0.15) is 43.9 Å². The van der Waals surface area contributed by atoms with Gasteiger partial charge in [0.15, 0.2) is 0 Å². The monoisotopic (exact) mass is 372 g/mol. The molecule has 1 aromatic heterocycles. The molecule has 24 heavy (non-hydrogen) atoms. The van der Waals surface area contributed by atoms with Crippen molar-refractivity contribution in [1.29, 1.82) is 0 Å². The molecule has 0 bridgehead atoms. The van der Waals surface area contributed by atoms with Crippen molar-refractivity contribution in [3.63, 3.8) is 0 Å². The van der Waals surface area contributed by atoms with Gasteiger partial charge in [0.2, 0.25) is 0 Å². The first kappa shape index (κ1) is 18.2. The largest absolute Gasteiger partial charge is 0.493 e. The van der Waals surface area contributed by atoms with E-state index in [1.54, 1.807) is 10.4 Å². The number of piperazine rings is 1. The number of nitrogens with zero attached hydrogens (tertiary/aromatic N) is 2. The Morgan fingerprint density at radius 1 is 1.17 bits per heavy atom. The summed E-state index contributed by atoms with van der Waals surface area (Å²) in [5.41, 5.74) is 0. The van der Waals surface area contributed by atoms with Crippen LogP contribution < -0.4 is 4.74 Å². The zero-order valence-corrected chi connectivity index (χ0v) is 16.3. The molecule has 1 saturated heterocycles. The quantitative estimate of drug-likeness (QED) is 0.797. The number of aryl methyl sites for hydroxylation is 1. The first-order chi connectivity index (χ1) is 11.5. The lowest BCUT2D eigenvalue weighted by molar-refractivity contribution is 0.111. The molecule has 1 aromatic rings. The molecule has 2 heterocycles. The predicted molar refractivity (Wildman–Crippen MR) is 97.4 cm³/mol. The van der Waals surface area contributed by atoms with Crippen LogP contribution in [0, 0.1) is 6.92 Å². The van der Waals surface area contributed by atoms with Crippen molar-refractivity contribution < 1.29 is 13.2 Å². The zero-order chi connectivity index (χ0) is 17.2. The fourth-order valence-electron chi connectivity index (χ4n) is 3.75. The molecule has 7 heteroatoms. The molecule has 1 saturated carbocycles. The van der Waals surface area contributed by atoms with Crippen molar-refractivity contribution in [1.82, 2.24) is 9.21 Å². The molecule has 2 fully saturated rings. The maximum atomic E-state index is 12.9. The van der Waals surface area contributed by atoms with Gasteiger partial charge in [0, 0.05) is 43.2 Å². The average Bonchev–Trinajstić information content (AvgIpc) is 2.98. The van der Waals surface area contributed by atoms with Crippen LogP contribution in [0.3, 0.4) is 0 Å². The fraction of sp³-hybridized carbons (Fsp3) is 0.765. The topological polar surface area (TPSA) is 49.9 Å². The minimum atomic E-state index is -3.39. The molecule has 136 valence electrons. The van der Waals surface area contributed by atoms with E-state index < -0.39 is 10.0 Å². The lowest BCUT2D eigenvalue weighted by Crippen LogP contribution is -2.52. The summed E-state index contributed by atoms with van der Waals surface area (Å²) >= 11 is 1.32. The summed E-state index contributed by atoms with van der Waals surface area (Å²) in [6.07, 6.45) is 6.53. The van der Waals surface area contributed by atoms with E-state index in [0.717, 1.165) is 18.0 Å². The summed E-state index contributed by atoms with van der Waals surface area (Å²) in [6.45, 7) is 7.28. The molecule has 1 aliphatic heterocycles. The van der Waals surface area contributed by atoms with E-state index in [-0.39, 0.29) is 0 Å². The van der Waals surface area contributed by atoms with Crippen LogP contribution in [0.4, 0.5) is 0 Å². The molecule has 0 amide bonds. The lowest BCUT2D eigenvalue weighted by atomic mass is 9.94. The third-order valence-corrected chi connectivity index (χ3v) is 8.49. The van der Waals surface area contributed by atoms with Crippen molar-refractivity contribution in [2.24, 2.45) is 0 Å². The second-order valence-corrected chi connectivity index (χ2v) is 10.1. The molecule has 3 rings (SSSR count). The van der Waals surface area contributed by atoms with Gasteiger partial charge < -0.3 is 4.74 Å². The number of sulfonamides is 1. The van der Waals surface area contributed by atoms with E-state index in [2.05, 4.69) is 4.90 Å². The van der Waals surface area contributed by atoms with Crippen LogP contribution in [0.25, 0.3) is 0 Å². The average molecular weight is 373 g/mol. The van der Waals surface area contributed by atoms with E-state index >= 15 is 0 Å². The second kappa shape index (κ2) is 7.72. The Kier molecular flexibility index (Phi) is 5.85. The molecule has 0 radical (unpaired) electrons. The number of ether oxygens (including phenoxy) is 1. The van der Waals surface area contributed by atoms with Crippen LogP contribution in [0.5, 0.6) is 5.75 Å². The smallest absolute Gasteiger partial charge is 0.252 e. The maximum Gasteiger partial charge on any atom is 0.252 e. The molecule has 1 aliphatic carbocycles. The maximum absolute atomic E-state index is 12.9. The van der Waals surface area contributed by atoms with E-state index in [9.17, 15) is 8.42 Å². The van der Waals surface area contributed by atoms with Crippen molar-refractivity contribution in [3.8, 4) is 5.75 Å². The van der Waals surface area contributed by atoms with Gasteiger partial charge >= 0.3 is 0 Å². The first-order valence-corrected chi connectivity index (χ1v) is 11.3. The number of hydrogen-bond acceptors (Lipinski definition) is 5. The van der Waals surface area contributed by atoms with Crippen LogP contribution in [-0.2, 0) is 10.0 Å². The van der Waals surface area contributed by atoms with Gasteiger partial charge in [0.1, 0.15) is 9.96 Å². The highest BCUT2D eigenvalue weighted by atomic mass is 32.2. The summed E-state index contributed by atoms with van der Waals surface area (Å²) in [4.78, 5) is 3.42. The van der Waals surface area contributed by atoms with Crippen molar-refractivity contribution in [3.05, 3.63) is 10.9 Å². The minimum absolute atomic E-state index is 0.412. The SMILES string of the molecule is CCOc1cc(S(=O)(=O)N2CCN(C3CCCCC3)CC2)sc1C. The van der Waals surface area contributed by atoms with Gasteiger partial charge in [-0.05, 0) is 26.7 Å². The van der Waals surface area contributed by atoms with Crippen LogP contribution in [0.2, 0.25) is 0 Å². The van der Waals surface area contributed by atoms with E-state index in [1.807, 2.05) is 13.8 Å². The van der Waals surface area contributed by atoms with Gasteiger partial charge in [-0.15, -0.1) is 11.3 Å².